The Balaban J connectivity index is 2.70. The predicted molar refractivity (Wildman–Crippen MR) is 84.8 cm³/mol. The van der Waals surface area contributed by atoms with E-state index in [1.54, 1.807) is 21.0 Å². The molecule has 0 atom stereocenters. The first-order chi connectivity index (χ1) is 9.71. The van der Waals surface area contributed by atoms with E-state index in [0.717, 1.165) is 5.56 Å². The van der Waals surface area contributed by atoms with Crippen molar-refractivity contribution in [1.29, 1.82) is 0 Å². The Morgan fingerprint density at radius 2 is 1.90 bits per heavy atom. The largest absolute Gasteiger partial charge is 0.493 e. The van der Waals surface area contributed by atoms with Crippen molar-refractivity contribution in [3.05, 3.63) is 23.8 Å². The zero-order chi connectivity index (χ0) is 16.1. The maximum atomic E-state index is 11.6. The molecule has 6 heteroatoms. The van der Waals surface area contributed by atoms with E-state index in [-0.39, 0.29) is 0 Å². The fourth-order valence-electron chi connectivity index (χ4n) is 1.74. The fourth-order valence-corrected chi connectivity index (χ4v) is 2.10. The molecule has 0 unspecified atom stereocenters. The highest BCUT2D eigenvalue weighted by molar-refractivity contribution is 7.92. The van der Waals surface area contributed by atoms with Gasteiger partial charge in [0.25, 0.3) is 0 Å². The number of hydrogen-bond donors (Lipinski definition) is 1. The molecule has 1 rings (SSSR count). The van der Waals surface area contributed by atoms with Crippen LogP contribution in [-0.2, 0) is 16.4 Å². The first-order valence-electron chi connectivity index (χ1n) is 6.91. The highest BCUT2D eigenvalue weighted by Crippen LogP contribution is 2.28. The van der Waals surface area contributed by atoms with E-state index < -0.39 is 14.6 Å². The molecule has 1 N–H and O–H groups in total. The van der Waals surface area contributed by atoms with Crippen LogP contribution < -0.4 is 14.8 Å². The summed E-state index contributed by atoms with van der Waals surface area (Å²) in [6.45, 7) is 6.88. The van der Waals surface area contributed by atoms with Crippen molar-refractivity contribution < 1.29 is 17.9 Å². The summed E-state index contributed by atoms with van der Waals surface area (Å²) >= 11 is 0. The van der Waals surface area contributed by atoms with Gasteiger partial charge in [0, 0.05) is 19.3 Å². The Morgan fingerprint density at radius 1 is 1.24 bits per heavy atom. The fraction of sp³-hybridized carbons (Fsp3) is 0.600. The number of methoxy groups -OCH3 is 1. The van der Waals surface area contributed by atoms with E-state index in [1.807, 2.05) is 25.1 Å². The first kappa shape index (κ1) is 17.8. The van der Waals surface area contributed by atoms with Gasteiger partial charge in [-0.1, -0.05) is 6.07 Å². The lowest BCUT2D eigenvalue weighted by Crippen LogP contribution is -2.41. The van der Waals surface area contributed by atoms with E-state index in [4.69, 9.17) is 9.47 Å². The average molecular weight is 315 g/mol. The number of rotatable bonds is 8. The second-order valence-corrected chi connectivity index (χ2v) is 8.20. The van der Waals surface area contributed by atoms with E-state index in [2.05, 4.69) is 5.32 Å². The summed E-state index contributed by atoms with van der Waals surface area (Å²) in [6.07, 6.45) is 1.26. The molecule has 5 nitrogen and oxygen atoms in total. The van der Waals surface area contributed by atoms with Gasteiger partial charge in [-0.3, -0.25) is 0 Å². The molecule has 21 heavy (non-hydrogen) atoms. The maximum Gasteiger partial charge on any atom is 0.161 e. The lowest BCUT2D eigenvalue weighted by molar-refractivity contribution is 0.310. The van der Waals surface area contributed by atoms with Crippen LogP contribution in [0.1, 0.15) is 26.3 Å². The second kappa shape index (κ2) is 7.13. The van der Waals surface area contributed by atoms with Gasteiger partial charge in [0.2, 0.25) is 0 Å². The molecule has 1 aromatic carbocycles. The monoisotopic (exact) mass is 315 g/mol. The highest BCUT2D eigenvalue weighted by Gasteiger charge is 2.29. The van der Waals surface area contributed by atoms with Crippen LogP contribution in [0.15, 0.2) is 18.2 Å². The Morgan fingerprint density at radius 3 is 2.43 bits per heavy atom. The minimum atomic E-state index is -3.09. The molecule has 0 spiro atoms. The molecular formula is C15H25NO4S. The van der Waals surface area contributed by atoms with Gasteiger partial charge in [-0.05, 0) is 38.5 Å². The Hall–Kier alpha value is -1.27. The molecular weight excluding hydrogens is 290 g/mol. The molecule has 120 valence electrons. The van der Waals surface area contributed by atoms with Crippen molar-refractivity contribution in [2.45, 2.75) is 32.1 Å². The molecule has 0 aromatic heterocycles. The number of ether oxygens (including phenoxy) is 2. The van der Waals surface area contributed by atoms with Gasteiger partial charge in [0.05, 0.1) is 18.5 Å². The SMILES string of the molecule is CCOc1cc(CNCC(C)(C)S(C)(=O)=O)ccc1OC. The van der Waals surface area contributed by atoms with E-state index in [1.165, 1.54) is 6.26 Å². The van der Waals surface area contributed by atoms with Gasteiger partial charge in [-0.2, -0.15) is 0 Å². The molecule has 0 aliphatic rings. The van der Waals surface area contributed by atoms with Crippen molar-refractivity contribution in [1.82, 2.24) is 5.32 Å². The van der Waals surface area contributed by atoms with Crippen molar-refractivity contribution in [3.63, 3.8) is 0 Å². The van der Waals surface area contributed by atoms with Crippen molar-refractivity contribution >= 4 is 9.84 Å². The van der Waals surface area contributed by atoms with Crippen molar-refractivity contribution in [3.8, 4) is 11.5 Å². The Kier molecular flexibility index (Phi) is 6.04. The molecule has 1 aromatic rings. The molecule has 0 aliphatic heterocycles. The normalized spacial score (nSPS) is 12.2. The molecule has 0 heterocycles. The smallest absolute Gasteiger partial charge is 0.161 e. The summed E-state index contributed by atoms with van der Waals surface area (Å²) in [6, 6.07) is 5.69. The minimum Gasteiger partial charge on any atom is -0.493 e. The first-order valence-corrected chi connectivity index (χ1v) is 8.80. The van der Waals surface area contributed by atoms with Crippen LogP contribution in [0.5, 0.6) is 11.5 Å². The number of nitrogens with one attached hydrogen (secondary N) is 1. The molecule has 0 saturated heterocycles. The van der Waals surface area contributed by atoms with Crippen LogP contribution in [0.3, 0.4) is 0 Å². The van der Waals surface area contributed by atoms with Crippen LogP contribution in [0.2, 0.25) is 0 Å². The molecule has 0 amide bonds. The molecule has 0 aliphatic carbocycles. The number of benzene rings is 1. The Labute approximate surface area is 127 Å². The van der Waals surface area contributed by atoms with Gasteiger partial charge < -0.3 is 14.8 Å². The van der Waals surface area contributed by atoms with Crippen LogP contribution >= 0.6 is 0 Å². The molecule has 0 saturated carbocycles. The van der Waals surface area contributed by atoms with Gasteiger partial charge in [-0.25, -0.2) is 8.42 Å². The summed E-state index contributed by atoms with van der Waals surface area (Å²) in [5.41, 5.74) is 1.02. The minimum absolute atomic E-state index is 0.391. The van der Waals surface area contributed by atoms with Crippen LogP contribution in [-0.4, -0.2) is 39.7 Å². The van der Waals surface area contributed by atoms with Crippen LogP contribution in [0.4, 0.5) is 0 Å². The van der Waals surface area contributed by atoms with Gasteiger partial charge in [0.1, 0.15) is 0 Å². The third kappa shape index (κ3) is 4.89. The summed E-state index contributed by atoms with van der Waals surface area (Å²) < 4.78 is 33.2. The quantitative estimate of drug-likeness (QED) is 0.795. The lowest BCUT2D eigenvalue weighted by atomic mass is 10.1. The van der Waals surface area contributed by atoms with Crippen molar-refractivity contribution in [2.75, 3.05) is 26.5 Å². The van der Waals surface area contributed by atoms with Gasteiger partial charge in [-0.15, -0.1) is 0 Å². The van der Waals surface area contributed by atoms with Crippen molar-refractivity contribution in [2.24, 2.45) is 0 Å². The lowest BCUT2D eigenvalue weighted by Gasteiger charge is -2.23. The zero-order valence-electron chi connectivity index (χ0n) is 13.4. The van der Waals surface area contributed by atoms with E-state index in [9.17, 15) is 8.42 Å². The summed E-state index contributed by atoms with van der Waals surface area (Å²) in [7, 11) is -1.49. The summed E-state index contributed by atoms with van der Waals surface area (Å²) in [4.78, 5) is 0. The molecule has 0 fully saturated rings. The molecule has 0 bridgehead atoms. The Bertz CT molecular complexity index is 567. The molecule has 0 radical (unpaired) electrons. The number of sulfone groups is 1. The van der Waals surface area contributed by atoms with E-state index >= 15 is 0 Å². The zero-order valence-corrected chi connectivity index (χ0v) is 14.2. The second-order valence-electron chi connectivity index (χ2n) is 5.55. The van der Waals surface area contributed by atoms with Crippen LogP contribution in [0, 0.1) is 0 Å². The predicted octanol–water partition coefficient (Wildman–Crippen LogP) is 2.01. The van der Waals surface area contributed by atoms with Gasteiger partial charge in [0.15, 0.2) is 21.3 Å². The average Bonchev–Trinajstić information content (AvgIpc) is 2.38. The number of hydrogen-bond acceptors (Lipinski definition) is 5. The maximum absolute atomic E-state index is 11.6. The highest BCUT2D eigenvalue weighted by atomic mass is 32.2. The van der Waals surface area contributed by atoms with E-state index in [0.29, 0.717) is 31.2 Å². The van der Waals surface area contributed by atoms with Crippen LogP contribution in [0.25, 0.3) is 0 Å². The third-order valence-electron chi connectivity index (χ3n) is 3.41. The summed E-state index contributed by atoms with van der Waals surface area (Å²) in [5.74, 6) is 1.39. The topological polar surface area (TPSA) is 64.6 Å². The third-order valence-corrected chi connectivity index (χ3v) is 5.56. The summed E-state index contributed by atoms with van der Waals surface area (Å²) in [5, 5.41) is 3.18. The standard InChI is InChI=1S/C15H25NO4S/c1-6-20-14-9-12(7-8-13(14)19-4)10-16-11-15(2,3)21(5,17)18/h7-9,16H,6,10-11H2,1-5H3. The van der Waals surface area contributed by atoms with Gasteiger partial charge >= 0.3 is 0 Å².